The Bertz CT molecular complexity index is 686. The number of fused-ring (bicyclic) bond motifs is 1. The Labute approximate surface area is 125 Å². The van der Waals surface area contributed by atoms with Crippen molar-refractivity contribution < 1.29 is 4.79 Å². The minimum absolute atomic E-state index is 0.112. The van der Waals surface area contributed by atoms with Crippen molar-refractivity contribution in [1.29, 1.82) is 0 Å². The third-order valence-electron chi connectivity index (χ3n) is 3.62. The Morgan fingerprint density at radius 3 is 2.24 bits per heavy atom. The van der Waals surface area contributed by atoms with Gasteiger partial charge in [0.1, 0.15) is 0 Å². The molecule has 1 aliphatic heterocycles. The van der Waals surface area contributed by atoms with Crippen molar-refractivity contribution in [2.24, 2.45) is 5.92 Å². The van der Waals surface area contributed by atoms with Crippen molar-refractivity contribution in [3.8, 4) is 0 Å². The molecule has 2 aromatic carbocycles. The molecule has 0 aromatic heterocycles. The van der Waals surface area contributed by atoms with Crippen molar-refractivity contribution in [3.05, 3.63) is 71.3 Å². The number of carbonyl (C=O) groups excluding carboxylic acids is 1. The summed E-state index contributed by atoms with van der Waals surface area (Å²) in [6.45, 7) is 5.01. The van der Waals surface area contributed by atoms with Gasteiger partial charge in [0.2, 0.25) is 0 Å². The van der Waals surface area contributed by atoms with Gasteiger partial charge in [0.15, 0.2) is 0 Å². The van der Waals surface area contributed by atoms with Crippen LogP contribution in [0.3, 0.4) is 0 Å². The van der Waals surface area contributed by atoms with Crippen LogP contribution in [0, 0.1) is 5.92 Å². The number of amides is 1. The van der Waals surface area contributed by atoms with Gasteiger partial charge in [-0.1, -0.05) is 62.4 Å². The molecule has 0 N–H and O–H groups in total. The highest BCUT2D eigenvalue weighted by Gasteiger charge is 2.31. The summed E-state index contributed by atoms with van der Waals surface area (Å²) in [5.74, 6) is 0.545. The van der Waals surface area contributed by atoms with E-state index in [4.69, 9.17) is 0 Å². The number of hydrogen-bond donors (Lipinski definition) is 0. The van der Waals surface area contributed by atoms with Gasteiger partial charge >= 0.3 is 0 Å². The van der Waals surface area contributed by atoms with Gasteiger partial charge in [-0.15, -0.1) is 0 Å². The maximum Gasteiger partial charge on any atom is 0.258 e. The molecule has 0 atom stereocenters. The van der Waals surface area contributed by atoms with Crippen LogP contribution in [0.2, 0.25) is 0 Å². The lowest BCUT2D eigenvalue weighted by Crippen LogP contribution is -2.27. The van der Waals surface area contributed by atoms with Crippen molar-refractivity contribution in [2.45, 2.75) is 13.8 Å². The number of rotatable bonds is 3. The van der Waals surface area contributed by atoms with Crippen molar-refractivity contribution in [1.82, 2.24) is 4.90 Å². The molecule has 0 fully saturated rings. The number of hydrogen-bond acceptors (Lipinski definition) is 1. The lowest BCUT2D eigenvalue weighted by Gasteiger charge is -2.20. The maximum atomic E-state index is 12.6. The van der Waals surface area contributed by atoms with E-state index in [1.807, 2.05) is 47.4 Å². The van der Waals surface area contributed by atoms with E-state index in [1.165, 1.54) is 0 Å². The summed E-state index contributed by atoms with van der Waals surface area (Å²) in [7, 11) is 0. The third-order valence-corrected chi connectivity index (χ3v) is 3.62. The molecule has 0 spiro atoms. The molecule has 21 heavy (non-hydrogen) atoms. The second-order valence-electron chi connectivity index (χ2n) is 5.80. The van der Waals surface area contributed by atoms with Gasteiger partial charge in [-0.25, -0.2) is 0 Å². The molecule has 0 saturated heterocycles. The van der Waals surface area contributed by atoms with Crippen LogP contribution in [0.4, 0.5) is 0 Å². The zero-order chi connectivity index (χ0) is 14.8. The molecule has 0 radical (unpaired) electrons. The molecule has 0 unspecified atom stereocenters. The Balaban J connectivity index is 2.09. The topological polar surface area (TPSA) is 20.3 Å². The average molecular weight is 277 g/mol. The van der Waals surface area contributed by atoms with Gasteiger partial charge < -0.3 is 4.90 Å². The largest absolute Gasteiger partial charge is 0.307 e. The summed E-state index contributed by atoms with van der Waals surface area (Å²) in [4.78, 5) is 14.5. The van der Waals surface area contributed by atoms with Gasteiger partial charge in [-0.2, -0.15) is 0 Å². The first-order valence-corrected chi connectivity index (χ1v) is 7.35. The van der Waals surface area contributed by atoms with Gasteiger partial charge in [0.05, 0.1) is 5.70 Å². The fourth-order valence-corrected chi connectivity index (χ4v) is 2.70. The normalized spacial score (nSPS) is 15.9. The average Bonchev–Trinajstić information content (AvgIpc) is 2.74. The quantitative estimate of drug-likeness (QED) is 0.819. The predicted molar refractivity (Wildman–Crippen MR) is 86.6 cm³/mol. The number of benzene rings is 2. The zero-order valence-corrected chi connectivity index (χ0v) is 12.4. The van der Waals surface area contributed by atoms with E-state index in [9.17, 15) is 4.79 Å². The van der Waals surface area contributed by atoms with Gasteiger partial charge in [0, 0.05) is 17.7 Å². The highest BCUT2D eigenvalue weighted by Crippen LogP contribution is 2.34. The minimum atomic E-state index is 0.112. The zero-order valence-electron chi connectivity index (χ0n) is 12.4. The molecule has 1 aliphatic rings. The van der Waals surface area contributed by atoms with Crippen LogP contribution in [0.15, 0.2) is 54.6 Å². The van der Waals surface area contributed by atoms with Crippen molar-refractivity contribution in [3.63, 3.8) is 0 Å². The summed E-state index contributed by atoms with van der Waals surface area (Å²) in [5.41, 5.74) is 3.97. The first-order chi connectivity index (χ1) is 10.2. The van der Waals surface area contributed by atoms with E-state index in [0.717, 1.165) is 28.9 Å². The van der Waals surface area contributed by atoms with Gasteiger partial charge in [-0.05, 0) is 23.6 Å². The van der Waals surface area contributed by atoms with Gasteiger partial charge in [0.25, 0.3) is 5.91 Å². The molecule has 0 saturated carbocycles. The van der Waals surface area contributed by atoms with E-state index < -0.39 is 0 Å². The summed E-state index contributed by atoms with van der Waals surface area (Å²) >= 11 is 0. The van der Waals surface area contributed by atoms with Crippen LogP contribution < -0.4 is 0 Å². The van der Waals surface area contributed by atoms with Crippen LogP contribution >= 0.6 is 0 Å². The van der Waals surface area contributed by atoms with E-state index in [0.29, 0.717) is 5.92 Å². The second-order valence-corrected chi connectivity index (χ2v) is 5.80. The Hall–Kier alpha value is -2.35. The molecule has 106 valence electrons. The van der Waals surface area contributed by atoms with Crippen LogP contribution in [0.25, 0.3) is 11.8 Å². The van der Waals surface area contributed by atoms with Crippen LogP contribution in [0.1, 0.15) is 35.3 Å². The molecule has 2 aromatic rings. The smallest absolute Gasteiger partial charge is 0.258 e. The van der Waals surface area contributed by atoms with E-state index in [2.05, 4.69) is 32.1 Å². The van der Waals surface area contributed by atoms with E-state index in [1.54, 1.807) is 0 Å². The summed E-state index contributed by atoms with van der Waals surface area (Å²) in [6, 6.07) is 18.0. The fraction of sp³-hybridized carbons (Fsp3) is 0.211. The molecule has 0 bridgehead atoms. The van der Waals surface area contributed by atoms with E-state index >= 15 is 0 Å². The lowest BCUT2D eigenvalue weighted by molar-refractivity contribution is 0.0839. The second kappa shape index (κ2) is 5.57. The van der Waals surface area contributed by atoms with Gasteiger partial charge in [-0.3, -0.25) is 4.79 Å². The number of carbonyl (C=O) groups is 1. The number of nitrogens with zero attached hydrogens (tertiary/aromatic N) is 1. The summed E-state index contributed by atoms with van der Waals surface area (Å²) in [6.07, 6.45) is 2.10. The van der Waals surface area contributed by atoms with Crippen molar-refractivity contribution in [2.75, 3.05) is 6.54 Å². The molecular weight excluding hydrogens is 258 g/mol. The van der Waals surface area contributed by atoms with Crippen LogP contribution in [0.5, 0.6) is 0 Å². The SMILES string of the molecule is CC(C)CN1C(=O)c2ccccc2/C1=C\c1ccccc1. The monoisotopic (exact) mass is 277 g/mol. The van der Waals surface area contributed by atoms with Crippen molar-refractivity contribution >= 4 is 17.7 Å². The predicted octanol–water partition coefficient (Wildman–Crippen LogP) is 4.30. The fourth-order valence-electron chi connectivity index (χ4n) is 2.70. The van der Waals surface area contributed by atoms with Crippen LogP contribution in [-0.4, -0.2) is 17.4 Å². The molecule has 2 nitrogen and oxygen atoms in total. The summed E-state index contributed by atoms with van der Waals surface area (Å²) in [5, 5.41) is 0. The lowest BCUT2D eigenvalue weighted by atomic mass is 10.1. The molecule has 2 heteroatoms. The van der Waals surface area contributed by atoms with Crippen LogP contribution in [-0.2, 0) is 0 Å². The highest BCUT2D eigenvalue weighted by molar-refractivity contribution is 6.11. The standard InChI is InChI=1S/C19H19NO/c1-14(2)13-20-18(12-15-8-4-3-5-9-15)16-10-6-7-11-17(16)19(20)21/h3-12,14H,13H2,1-2H3/b18-12+. The summed E-state index contributed by atoms with van der Waals surface area (Å²) < 4.78 is 0. The molecule has 1 amide bonds. The molecular formula is C19H19NO. The first-order valence-electron chi connectivity index (χ1n) is 7.35. The third kappa shape index (κ3) is 2.62. The Morgan fingerprint density at radius 2 is 1.57 bits per heavy atom. The first kappa shape index (κ1) is 13.6. The molecule has 3 rings (SSSR count). The Morgan fingerprint density at radius 1 is 0.952 bits per heavy atom. The molecule has 1 heterocycles. The minimum Gasteiger partial charge on any atom is -0.307 e. The molecule has 0 aliphatic carbocycles. The maximum absolute atomic E-state index is 12.6. The van der Waals surface area contributed by atoms with E-state index in [-0.39, 0.29) is 5.91 Å². The highest BCUT2D eigenvalue weighted by atomic mass is 16.2. The Kier molecular flexibility index (Phi) is 3.61.